The zero-order valence-corrected chi connectivity index (χ0v) is 13.7. The predicted octanol–water partition coefficient (Wildman–Crippen LogP) is 2.59. The lowest BCUT2D eigenvalue weighted by atomic mass is 9.91. The predicted molar refractivity (Wildman–Crippen MR) is 90.8 cm³/mol. The maximum Gasteiger partial charge on any atom is 0.163 e. The Morgan fingerprint density at radius 2 is 1.75 bits per heavy atom. The van der Waals surface area contributed by atoms with E-state index in [2.05, 4.69) is 0 Å². The molecule has 0 radical (unpaired) electrons. The molecule has 0 bridgehead atoms. The first-order valence-corrected chi connectivity index (χ1v) is 7.82. The van der Waals surface area contributed by atoms with Crippen molar-refractivity contribution in [3.05, 3.63) is 71.4 Å². The summed E-state index contributed by atoms with van der Waals surface area (Å²) in [5.74, 6) is -2.39. The number of hydrogen-bond acceptors (Lipinski definition) is 3. The van der Waals surface area contributed by atoms with Crippen molar-refractivity contribution in [2.75, 3.05) is 0 Å². The number of hydrogen-bond donors (Lipinski definition) is 0. The Morgan fingerprint density at radius 1 is 1.08 bits per heavy atom. The summed E-state index contributed by atoms with van der Waals surface area (Å²) in [5, 5.41) is 12.5. The van der Waals surface area contributed by atoms with Gasteiger partial charge in [0, 0.05) is 48.0 Å². The quantitative estimate of drug-likeness (QED) is 0.679. The van der Waals surface area contributed by atoms with E-state index in [1.165, 1.54) is 0 Å². The lowest BCUT2D eigenvalue weighted by Gasteiger charge is -2.17. The van der Waals surface area contributed by atoms with Gasteiger partial charge in [-0.2, -0.15) is 0 Å². The number of aliphatic carboxylic acids is 1. The van der Waals surface area contributed by atoms with Crippen LogP contribution in [-0.4, -0.2) is 16.3 Å². The molecule has 0 unspecified atom stereocenters. The van der Waals surface area contributed by atoms with Gasteiger partial charge in [0.2, 0.25) is 0 Å². The molecule has 0 N–H and O–H groups in total. The minimum absolute atomic E-state index is 0.112. The number of carbonyl (C=O) groups excluding carboxylic acids is 2. The molecule has 0 aliphatic heterocycles. The lowest BCUT2D eigenvalue weighted by Crippen LogP contribution is -2.31. The SMILES string of the molecule is Cc1ccc(C(=O)C[C@@H](C(=O)[O-])c2cn(C)c3ccccc23)cc1. The third-order valence-corrected chi connectivity index (χ3v) is 4.35. The van der Waals surface area contributed by atoms with E-state index in [4.69, 9.17) is 0 Å². The summed E-state index contributed by atoms with van der Waals surface area (Å²) in [4.78, 5) is 24.2. The highest BCUT2D eigenvalue weighted by atomic mass is 16.4. The van der Waals surface area contributed by atoms with Crippen molar-refractivity contribution >= 4 is 22.7 Å². The van der Waals surface area contributed by atoms with Gasteiger partial charge in [-0.05, 0) is 18.6 Å². The second kappa shape index (κ2) is 6.32. The van der Waals surface area contributed by atoms with Crippen molar-refractivity contribution < 1.29 is 14.7 Å². The number of aryl methyl sites for hydroxylation is 2. The maximum absolute atomic E-state index is 12.5. The lowest BCUT2D eigenvalue weighted by molar-refractivity contribution is -0.307. The molecule has 1 aromatic heterocycles. The number of benzene rings is 2. The fourth-order valence-electron chi connectivity index (χ4n) is 3.01. The molecule has 24 heavy (non-hydrogen) atoms. The fourth-order valence-corrected chi connectivity index (χ4v) is 3.01. The van der Waals surface area contributed by atoms with Gasteiger partial charge in [0.05, 0.1) is 0 Å². The Balaban J connectivity index is 1.96. The van der Waals surface area contributed by atoms with Crippen LogP contribution < -0.4 is 5.11 Å². The molecule has 4 nitrogen and oxygen atoms in total. The molecule has 0 saturated heterocycles. The number of carboxylic acids is 1. The molecule has 1 heterocycles. The Labute approximate surface area is 140 Å². The van der Waals surface area contributed by atoms with E-state index in [9.17, 15) is 14.7 Å². The molecule has 3 aromatic rings. The second-order valence-electron chi connectivity index (χ2n) is 6.08. The van der Waals surface area contributed by atoms with E-state index in [-0.39, 0.29) is 12.2 Å². The van der Waals surface area contributed by atoms with E-state index in [1.54, 1.807) is 18.3 Å². The average molecular weight is 320 g/mol. The maximum atomic E-state index is 12.5. The van der Waals surface area contributed by atoms with Crippen LogP contribution in [0.25, 0.3) is 10.9 Å². The van der Waals surface area contributed by atoms with Gasteiger partial charge in [-0.25, -0.2) is 0 Å². The fraction of sp³-hybridized carbons (Fsp3) is 0.200. The highest BCUT2D eigenvalue weighted by Gasteiger charge is 2.22. The molecule has 3 rings (SSSR count). The minimum Gasteiger partial charge on any atom is -0.549 e. The van der Waals surface area contributed by atoms with Crippen molar-refractivity contribution in [3.63, 3.8) is 0 Å². The van der Waals surface area contributed by atoms with Gasteiger partial charge in [-0.15, -0.1) is 0 Å². The Morgan fingerprint density at radius 3 is 2.42 bits per heavy atom. The number of para-hydroxylation sites is 1. The van der Waals surface area contributed by atoms with Crippen LogP contribution in [0.4, 0.5) is 0 Å². The molecule has 4 heteroatoms. The second-order valence-corrected chi connectivity index (χ2v) is 6.08. The van der Waals surface area contributed by atoms with Gasteiger partial charge in [0.25, 0.3) is 0 Å². The van der Waals surface area contributed by atoms with Crippen LogP contribution >= 0.6 is 0 Å². The molecule has 122 valence electrons. The van der Waals surface area contributed by atoms with E-state index >= 15 is 0 Å². The van der Waals surface area contributed by atoms with Crippen LogP contribution in [0.15, 0.2) is 54.7 Å². The van der Waals surface area contributed by atoms with Crippen molar-refractivity contribution in [1.29, 1.82) is 0 Å². The van der Waals surface area contributed by atoms with Crippen molar-refractivity contribution in [2.45, 2.75) is 19.3 Å². The molecule has 0 saturated carbocycles. The third-order valence-electron chi connectivity index (χ3n) is 4.35. The average Bonchev–Trinajstić information content (AvgIpc) is 2.90. The Bertz CT molecular complexity index is 906. The Hall–Kier alpha value is -2.88. The number of ketones is 1. The van der Waals surface area contributed by atoms with Crippen LogP contribution in [0.2, 0.25) is 0 Å². The third kappa shape index (κ3) is 2.95. The van der Waals surface area contributed by atoms with Crippen LogP contribution in [0.3, 0.4) is 0 Å². The summed E-state index contributed by atoms with van der Waals surface area (Å²) in [6.07, 6.45) is 1.66. The van der Waals surface area contributed by atoms with Gasteiger partial charge in [-0.3, -0.25) is 4.79 Å². The number of nitrogens with zero attached hydrogens (tertiary/aromatic N) is 1. The Kier molecular flexibility index (Phi) is 4.21. The number of aromatic nitrogens is 1. The topological polar surface area (TPSA) is 62.1 Å². The highest BCUT2D eigenvalue weighted by Crippen LogP contribution is 2.30. The van der Waals surface area contributed by atoms with E-state index < -0.39 is 11.9 Å². The molecule has 2 aromatic carbocycles. The van der Waals surface area contributed by atoms with Crippen molar-refractivity contribution in [1.82, 2.24) is 4.57 Å². The van der Waals surface area contributed by atoms with Crippen molar-refractivity contribution in [3.8, 4) is 0 Å². The molecule has 0 aliphatic carbocycles. The summed E-state index contributed by atoms with van der Waals surface area (Å²) in [5.41, 5.74) is 3.12. The first-order chi connectivity index (χ1) is 11.5. The largest absolute Gasteiger partial charge is 0.549 e. The van der Waals surface area contributed by atoms with E-state index in [0.29, 0.717) is 11.1 Å². The normalized spacial score (nSPS) is 12.2. The van der Waals surface area contributed by atoms with Crippen LogP contribution in [0, 0.1) is 6.92 Å². The zero-order valence-electron chi connectivity index (χ0n) is 13.7. The first-order valence-electron chi connectivity index (χ1n) is 7.82. The smallest absolute Gasteiger partial charge is 0.163 e. The minimum atomic E-state index is -1.23. The van der Waals surface area contributed by atoms with Gasteiger partial charge >= 0.3 is 0 Å². The number of fused-ring (bicyclic) bond motifs is 1. The molecule has 0 amide bonds. The number of rotatable bonds is 5. The molecule has 0 fully saturated rings. The standard InChI is InChI=1S/C20H19NO3/c1-13-7-9-14(10-8-13)19(22)11-16(20(23)24)17-12-21(2)18-6-4-3-5-15(17)18/h3-10,12,16H,11H2,1-2H3,(H,23,24)/p-1/t16-/m1/s1. The van der Waals surface area contributed by atoms with Gasteiger partial charge in [0.1, 0.15) is 0 Å². The van der Waals surface area contributed by atoms with E-state index in [0.717, 1.165) is 16.5 Å². The van der Waals surface area contributed by atoms with Gasteiger partial charge in [0.15, 0.2) is 5.78 Å². The van der Waals surface area contributed by atoms with E-state index in [1.807, 2.05) is 54.9 Å². The monoisotopic (exact) mass is 320 g/mol. The van der Waals surface area contributed by atoms with Gasteiger partial charge < -0.3 is 14.5 Å². The first kappa shape index (κ1) is 16.0. The molecule has 0 aliphatic rings. The molecular weight excluding hydrogens is 302 g/mol. The van der Waals surface area contributed by atoms with Crippen molar-refractivity contribution in [2.24, 2.45) is 7.05 Å². The van der Waals surface area contributed by atoms with Gasteiger partial charge in [-0.1, -0.05) is 48.0 Å². The van der Waals surface area contributed by atoms with Crippen LogP contribution in [0.1, 0.15) is 33.8 Å². The molecule has 0 spiro atoms. The molecular formula is C20H18NO3-. The number of carboxylic acid groups (broad SMARTS) is 1. The van der Waals surface area contributed by atoms with Crippen LogP contribution in [0.5, 0.6) is 0 Å². The number of Topliss-reactive ketones (excluding diaryl/α,β-unsaturated/α-hetero) is 1. The zero-order chi connectivity index (χ0) is 17.3. The number of carbonyl (C=O) groups is 2. The molecule has 1 atom stereocenters. The van der Waals surface area contributed by atoms with Crippen LogP contribution in [-0.2, 0) is 11.8 Å². The summed E-state index contributed by atoms with van der Waals surface area (Å²) < 4.78 is 1.87. The summed E-state index contributed by atoms with van der Waals surface area (Å²) in [6.45, 7) is 1.94. The summed E-state index contributed by atoms with van der Waals surface area (Å²) in [7, 11) is 1.86. The highest BCUT2D eigenvalue weighted by molar-refractivity contribution is 6.00. The summed E-state index contributed by atoms with van der Waals surface area (Å²) >= 11 is 0. The summed E-state index contributed by atoms with van der Waals surface area (Å²) in [6, 6.07) is 14.7.